The lowest BCUT2D eigenvalue weighted by atomic mass is 9.91. The SMILES string of the molecule is COCC1=CC=C(C(C)C)CC1. The van der Waals surface area contributed by atoms with Gasteiger partial charge in [-0.05, 0) is 24.3 Å². The Labute approximate surface area is 75.1 Å². The molecule has 0 unspecified atom stereocenters. The van der Waals surface area contributed by atoms with Crippen LogP contribution in [0.25, 0.3) is 0 Å². The Balaban J connectivity index is 2.54. The van der Waals surface area contributed by atoms with E-state index in [0.717, 1.165) is 6.61 Å². The Morgan fingerprint density at radius 2 is 2.08 bits per heavy atom. The van der Waals surface area contributed by atoms with E-state index in [0.29, 0.717) is 5.92 Å². The van der Waals surface area contributed by atoms with Gasteiger partial charge in [0.2, 0.25) is 0 Å². The largest absolute Gasteiger partial charge is 0.380 e. The van der Waals surface area contributed by atoms with Crippen LogP contribution in [0.1, 0.15) is 26.7 Å². The zero-order chi connectivity index (χ0) is 8.97. The quantitative estimate of drug-likeness (QED) is 0.626. The van der Waals surface area contributed by atoms with Crippen molar-refractivity contribution in [1.82, 2.24) is 0 Å². The molecular weight excluding hydrogens is 148 g/mol. The smallest absolute Gasteiger partial charge is 0.0676 e. The second-order valence-corrected chi connectivity index (χ2v) is 3.65. The van der Waals surface area contributed by atoms with Crippen molar-refractivity contribution < 1.29 is 4.74 Å². The molecule has 12 heavy (non-hydrogen) atoms. The molecular formula is C11H18O. The number of methoxy groups -OCH3 is 1. The normalized spacial score (nSPS) is 17.7. The Morgan fingerprint density at radius 1 is 1.33 bits per heavy atom. The van der Waals surface area contributed by atoms with Gasteiger partial charge in [-0.25, -0.2) is 0 Å². The number of rotatable bonds is 3. The molecule has 0 saturated heterocycles. The maximum atomic E-state index is 5.08. The molecule has 1 nitrogen and oxygen atoms in total. The zero-order valence-electron chi connectivity index (χ0n) is 8.26. The Kier molecular flexibility index (Phi) is 3.54. The van der Waals surface area contributed by atoms with E-state index in [1.807, 2.05) is 0 Å². The molecule has 0 fully saturated rings. The maximum absolute atomic E-state index is 5.08. The fourth-order valence-electron chi connectivity index (χ4n) is 1.48. The average molecular weight is 166 g/mol. The molecule has 0 saturated carbocycles. The zero-order valence-corrected chi connectivity index (χ0v) is 8.26. The molecule has 68 valence electrons. The van der Waals surface area contributed by atoms with E-state index in [1.165, 1.54) is 18.4 Å². The van der Waals surface area contributed by atoms with E-state index in [4.69, 9.17) is 4.74 Å². The second kappa shape index (κ2) is 4.46. The molecule has 0 heterocycles. The molecule has 1 aliphatic carbocycles. The first-order valence-corrected chi connectivity index (χ1v) is 4.61. The Bertz CT molecular complexity index is 199. The fraction of sp³-hybridized carbons (Fsp3) is 0.636. The third kappa shape index (κ3) is 2.49. The van der Waals surface area contributed by atoms with Crippen molar-refractivity contribution in [3.05, 3.63) is 23.3 Å². The Hall–Kier alpha value is -0.560. The van der Waals surface area contributed by atoms with Gasteiger partial charge in [0.15, 0.2) is 0 Å². The lowest BCUT2D eigenvalue weighted by molar-refractivity contribution is 0.222. The number of hydrogen-bond donors (Lipinski definition) is 0. The van der Waals surface area contributed by atoms with Crippen molar-refractivity contribution in [3.8, 4) is 0 Å². The molecule has 0 amide bonds. The first-order chi connectivity index (χ1) is 5.74. The van der Waals surface area contributed by atoms with E-state index in [9.17, 15) is 0 Å². The molecule has 0 spiro atoms. The standard InChI is InChI=1S/C11H18O/c1-9(2)11-6-4-10(5-7-11)8-12-3/h4,6,9H,5,7-8H2,1-3H3. The van der Waals surface area contributed by atoms with Gasteiger partial charge in [-0.3, -0.25) is 0 Å². The van der Waals surface area contributed by atoms with Crippen LogP contribution in [-0.4, -0.2) is 13.7 Å². The minimum Gasteiger partial charge on any atom is -0.380 e. The molecule has 0 atom stereocenters. The van der Waals surface area contributed by atoms with Crippen LogP contribution >= 0.6 is 0 Å². The van der Waals surface area contributed by atoms with E-state index in [1.54, 1.807) is 12.7 Å². The van der Waals surface area contributed by atoms with Gasteiger partial charge in [0.25, 0.3) is 0 Å². The van der Waals surface area contributed by atoms with Crippen LogP contribution in [0, 0.1) is 5.92 Å². The van der Waals surface area contributed by atoms with Crippen molar-refractivity contribution in [2.75, 3.05) is 13.7 Å². The minimum absolute atomic E-state index is 0.699. The van der Waals surface area contributed by atoms with E-state index >= 15 is 0 Å². The fourth-order valence-corrected chi connectivity index (χ4v) is 1.48. The highest BCUT2D eigenvalue weighted by Crippen LogP contribution is 2.23. The summed E-state index contributed by atoms with van der Waals surface area (Å²) >= 11 is 0. The molecule has 0 radical (unpaired) electrons. The second-order valence-electron chi connectivity index (χ2n) is 3.65. The van der Waals surface area contributed by atoms with Crippen molar-refractivity contribution in [3.63, 3.8) is 0 Å². The summed E-state index contributed by atoms with van der Waals surface area (Å²) in [5.74, 6) is 0.699. The van der Waals surface area contributed by atoms with Crippen LogP contribution in [0.15, 0.2) is 23.3 Å². The molecule has 0 aromatic rings. The molecule has 0 N–H and O–H groups in total. The summed E-state index contributed by atoms with van der Waals surface area (Å²) in [4.78, 5) is 0. The molecule has 0 aromatic heterocycles. The van der Waals surface area contributed by atoms with Gasteiger partial charge >= 0.3 is 0 Å². The van der Waals surface area contributed by atoms with Crippen molar-refractivity contribution in [2.24, 2.45) is 5.92 Å². The van der Waals surface area contributed by atoms with Crippen LogP contribution in [0.2, 0.25) is 0 Å². The molecule has 0 aliphatic heterocycles. The van der Waals surface area contributed by atoms with Gasteiger partial charge in [0, 0.05) is 7.11 Å². The predicted molar refractivity (Wildman–Crippen MR) is 52.1 cm³/mol. The van der Waals surface area contributed by atoms with Crippen molar-refractivity contribution in [1.29, 1.82) is 0 Å². The van der Waals surface area contributed by atoms with Gasteiger partial charge in [0.1, 0.15) is 0 Å². The van der Waals surface area contributed by atoms with Gasteiger partial charge in [-0.15, -0.1) is 0 Å². The summed E-state index contributed by atoms with van der Waals surface area (Å²) in [6.45, 7) is 5.30. The van der Waals surface area contributed by atoms with Crippen LogP contribution in [0.5, 0.6) is 0 Å². The summed E-state index contributed by atoms with van der Waals surface area (Å²) < 4.78 is 5.08. The van der Waals surface area contributed by atoms with E-state index in [2.05, 4.69) is 26.0 Å². The molecule has 1 heteroatoms. The van der Waals surface area contributed by atoms with E-state index in [-0.39, 0.29) is 0 Å². The molecule has 0 aromatic carbocycles. The summed E-state index contributed by atoms with van der Waals surface area (Å²) in [5, 5.41) is 0. The highest BCUT2D eigenvalue weighted by Gasteiger charge is 2.08. The first kappa shape index (κ1) is 9.53. The molecule has 1 rings (SSSR count). The highest BCUT2D eigenvalue weighted by molar-refractivity contribution is 5.25. The van der Waals surface area contributed by atoms with Crippen LogP contribution in [0.4, 0.5) is 0 Å². The first-order valence-electron chi connectivity index (χ1n) is 4.61. The molecule has 1 aliphatic rings. The third-order valence-corrected chi connectivity index (χ3v) is 2.34. The topological polar surface area (TPSA) is 9.23 Å². The lowest BCUT2D eigenvalue weighted by Crippen LogP contribution is -2.02. The monoisotopic (exact) mass is 166 g/mol. The van der Waals surface area contributed by atoms with Gasteiger partial charge in [-0.1, -0.05) is 31.6 Å². The summed E-state index contributed by atoms with van der Waals surface area (Å²) in [5.41, 5.74) is 2.98. The highest BCUT2D eigenvalue weighted by atomic mass is 16.5. The Morgan fingerprint density at radius 3 is 2.50 bits per heavy atom. The number of ether oxygens (including phenoxy) is 1. The minimum atomic E-state index is 0.699. The average Bonchev–Trinajstić information content (AvgIpc) is 2.06. The van der Waals surface area contributed by atoms with Crippen molar-refractivity contribution >= 4 is 0 Å². The maximum Gasteiger partial charge on any atom is 0.0676 e. The summed E-state index contributed by atoms with van der Waals surface area (Å²) in [7, 11) is 1.75. The molecule has 0 bridgehead atoms. The van der Waals surface area contributed by atoms with Gasteiger partial charge in [0.05, 0.1) is 6.61 Å². The summed E-state index contributed by atoms with van der Waals surface area (Å²) in [6, 6.07) is 0. The summed E-state index contributed by atoms with van der Waals surface area (Å²) in [6.07, 6.45) is 6.86. The van der Waals surface area contributed by atoms with Crippen molar-refractivity contribution in [2.45, 2.75) is 26.7 Å². The predicted octanol–water partition coefficient (Wildman–Crippen LogP) is 2.94. The van der Waals surface area contributed by atoms with Crippen LogP contribution < -0.4 is 0 Å². The van der Waals surface area contributed by atoms with Crippen LogP contribution in [0.3, 0.4) is 0 Å². The number of allylic oxidation sites excluding steroid dienone is 3. The van der Waals surface area contributed by atoms with Crippen LogP contribution in [-0.2, 0) is 4.74 Å². The van der Waals surface area contributed by atoms with Gasteiger partial charge in [-0.2, -0.15) is 0 Å². The van der Waals surface area contributed by atoms with E-state index < -0.39 is 0 Å². The third-order valence-electron chi connectivity index (χ3n) is 2.34. The van der Waals surface area contributed by atoms with Gasteiger partial charge < -0.3 is 4.74 Å². The lowest BCUT2D eigenvalue weighted by Gasteiger charge is -2.16. The number of hydrogen-bond acceptors (Lipinski definition) is 1.